The number of methoxy groups -OCH3 is 1. The van der Waals surface area contributed by atoms with Gasteiger partial charge >= 0.3 is 10.1 Å². The Balaban J connectivity index is 1.73. The van der Waals surface area contributed by atoms with Gasteiger partial charge in [0.1, 0.15) is 0 Å². The van der Waals surface area contributed by atoms with Crippen LogP contribution in [-0.4, -0.2) is 28.6 Å². The molecule has 0 bridgehead atoms. The van der Waals surface area contributed by atoms with E-state index in [-0.39, 0.29) is 12.5 Å². The van der Waals surface area contributed by atoms with Crippen LogP contribution in [0.4, 0.5) is 0 Å². The molecule has 3 aromatic rings. The molecular formula is C21H18O6S. The summed E-state index contributed by atoms with van der Waals surface area (Å²) in [4.78, 5) is 0. The number of ether oxygens (including phenoxy) is 3. The molecule has 0 saturated heterocycles. The first kappa shape index (κ1) is 17.2. The van der Waals surface area contributed by atoms with E-state index in [2.05, 4.69) is 12.1 Å². The van der Waals surface area contributed by atoms with Gasteiger partial charge in [-0.15, -0.1) is 0 Å². The summed E-state index contributed by atoms with van der Waals surface area (Å²) >= 11 is 0. The van der Waals surface area contributed by atoms with Gasteiger partial charge in [-0.25, -0.2) is 0 Å². The molecule has 28 heavy (non-hydrogen) atoms. The Morgan fingerprint density at radius 2 is 1.61 bits per heavy atom. The zero-order valence-electron chi connectivity index (χ0n) is 15.4. The molecule has 0 amide bonds. The predicted octanol–water partition coefficient (Wildman–Crippen LogP) is 3.68. The minimum atomic E-state index is -3.69. The third-order valence-corrected chi connectivity index (χ3v) is 5.63. The van der Waals surface area contributed by atoms with Crippen molar-refractivity contribution in [3.05, 3.63) is 47.5 Å². The van der Waals surface area contributed by atoms with Crippen LogP contribution in [0, 0.1) is 0 Å². The van der Waals surface area contributed by atoms with Crippen molar-refractivity contribution in [3.63, 3.8) is 0 Å². The average molecular weight is 398 g/mol. The Morgan fingerprint density at radius 3 is 2.32 bits per heavy atom. The lowest BCUT2D eigenvalue weighted by Crippen LogP contribution is -2.08. The fourth-order valence-corrected chi connectivity index (χ4v) is 4.41. The molecular weight excluding hydrogens is 380 g/mol. The Morgan fingerprint density at radius 1 is 0.929 bits per heavy atom. The highest BCUT2D eigenvalue weighted by Crippen LogP contribution is 2.45. The van der Waals surface area contributed by atoms with E-state index < -0.39 is 10.1 Å². The van der Waals surface area contributed by atoms with Crippen molar-refractivity contribution in [3.8, 4) is 34.1 Å². The van der Waals surface area contributed by atoms with Crippen molar-refractivity contribution in [2.75, 3.05) is 20.2 Å². The van der Waals surface area contributed by atoms with Crippen LogP contribution in [-0.2, 0) is 23.0 Å². The zero-order valence-corrected chi connectivity index (χ0v) is 16.3. The van der Waals surface area contributed by atoms with Crippen LogP contribution >= 0.6 is 0 Å². The van der Waals surface area contributed by atoms with Crippen LogP contribution in [0.2, 0.25) is 0 Å². The second-order valence-electron chi connectivity index (χ2n) is 6.98. The van der Waals surface area contributed by atoms with E-state index >= 15 is 0 Å². The largest absolute Gasteiger partial charge is 0.493 e. The van der Waals surface area contributed by atoms with Gasteiger partial charge in [-0.2, -0.15) is 8.42 Å². The van der Waals surface area contributed by atoms with Crippen LogP contribution in [0.25, 0.3) is 21.9 Å². The summed E-state index contributed by atoms with van der Waals surface area (Å²) in [6.07, 6.45) is 2.74. The number of fused-ring (bicyclic) bond motifs is 5. The maximum atomic E-state index is 11.8. The van der Waals surface area contributed by atoms with Gasteiger partial charge in [0.05, 0.1) is 13.4 Å². The van der Waals surface area contributed by atoms with E-state index in [1.54, 1.807) is 6.07 Å². The Labute approximate surface area is 162 Å². The summed E-state index contributed by atoms with van der Waals surface area (Å²) in [5.41, 5.74) is 4.58. The third-order valence-electron chi connectivity index (χ3n) is 5.16. The highest BCUT2D eigenvalue weighted by molar-refractivity contribution is 7.86. The van der Waals surface area contributed by atoms with Crippen LogP contribution in [0.5, 0.6) is 23.0 Å². The molecule has 1 heterocycles. The first-order chi connectivity index (χ1) is 13.4. The highest BCUT2D eigenvalue weighted by atomic mass is 32.2. The fraction of sp³-hybridized carbons (Fsp3) is 0.238. The number of aryl methyl sites for hydroxylation is 2. The van der Waals surface area contributed by atoms with Gasteiger partial charge in [0.2, 0.25) is 6.79 Å². The van der Waals surface area contributed by atoms with Crippen molar-refractivity contribution in [1.29, 1.82) is 0 Å². The number of hydrogen-bond donors (Lipinski definition) is 0. The molecule has 0 fully saturated rings. The van der Waals surface area contributed by atoms with Gasteiger partial charge in [-0.05, 0) is 70.8 Å². The molecule has 1 aliphatic heterocycles. The SMILES string of the molecule is COc1ccc2cc3c(cc2c1OS(C)(=O)=O)CCc1cc2c(cc1-3)OCO2. The number of rotatable bonds is 3. The maximum Gasteiger partial charge on any atom is 0.306 e. The summed E-state index contributed by atoms with van der Waals surface area (Å²) in [5.74, 6) is 2.15. The molecule has 0 unspecified atom stereocenters. The molecule has 5 rings (SSSR count). The second kappa shape index (κ2) is 6.04. The van der Waals surface area contributed by atoms with Crippen molar-refractivity contribution >= 4 is 20.9 Å². The van der Waals surface area contributed by atoms with Gasteiger partial charge in [0.15, 0.2) is 23.0 Å². The molecule has 144 valence electrons. The van der Waals surface area contributed by atoms with Crippen molar-refractivity contribution < 1.29 is 26.8 Å². The zero-order chi connectivity index (χ0) is 19.5. The monoisotopic (exact) mass is 398 g/mol. The highest BCUT2D eigenvalue weighted by Gasteiger charge is 2.24. The van der Waals surface area contributed by atoms with E-state index in [9.17, 15) is 8.42 Å². The van der Waals surface area contributed by atoms with E-state index in [0.29, 0.717) is 11.1 Å². The number of hydrogen-bond acceptors (Lipinski definition) is 6. The van der Waals surface area contributed by atoms with Crippen molar-refractivity contribution in [2.24, 2.45) is 0 Å². The number of benzene rings is 3. The van der Waals surface area contributed by atoms with E-state index in [1.165, 1.54) is 12.7 Å². The minimum Gasteiger partial charge on any atom is -0.493 e. The molecule has 3 aromatic carbocycles. The van der Waals surface area contributed by atoms with Crippen LogP contribution in [0.1, 0.15) is 11.1 Å². The lowest BCUT2D eigenvalue weighted by atomic mass is 9.83. The molecule has 0 N–H and O–H groups in total. The molecule has 6 nitrogen and oxygen atoms in total. The molecule has 2 aliphatic rings. The van der Waals surface area contributed by atoms with E-state index in [0.717, 1.165) is 52.7 Å². The van der Waals surface area contributed by atoms with Gasteiger partial charge in [-0.1, -0.05) is 6.07 Å². The first-order valence-electron chi connectivity index (χ1n) is 8.89. The Bertz CT molecular complexity index is 1230. The maximum absolute atomic E-state index is 11.8. The molecule has 0 saturated carbocycles. The molecule has 7 heteroatoms. The van der Waals surface area contributed by atoms with Crippen molar-refractivity contribution in [1.82, 2.24) is 0 Å². The molecule has 1 aliphatic carbocycles. The van der Waals surface area contributed by atoms with Gasteiger partial charge in [0.25, 0.3) is 0 Å². The topological polar surface area (TPSA) is 71.1 Å². The normalized spacial score (nSPS) is 14.5. The summed E-state index contributed by atoms with van der Waals surface area (Å²) in [7, 11) is -2.19. The third kappa shape index (κ3) is 2.74. The molecule has 0 atom stereocenters. The van der Waals surface area contributed by atoms with E-state index in [1.807, 2.05) is 18.2 Å². The van der Waals surface area contributed by atoms with Crippen LogP contribution in [0.15, 0.2) is 36.4 Å². The molecule has 0 spiro atoms. The lowest BCUT2D eigenvalue weighted by molar-refractivity contribution is 0.174. The van der Waals surface area contributed by atoms with E-state index in [4.69, 9.17) is 18.4 Å². The fourth-order valence-electron chi connectivity index (χ4n) is 3.94. The lowest BCUT2D eigenvalue weighted by Gasteiger charge is -2.22. The van der Waals surface area contributed by atoms with Gasteiger partial charge in [-0.3, -0.25) is 0 Å². The quantitative estimate of drug-likeness (QED) is 0.627. The molecule has 0 radical (unpaired) electrons. The van der Waals surface area contributed by atoms with Crippen molar-refractivity contribution in [2.45, 2.75) is 12.8 Å². The minimum absolute atomic E-state index is 0.224. The summed E-state index contributed by atoms with van der Waals surface area (Å²) < 4.78 is 45.2. The van der Waals surface area contributed by atoms with Crippen LogP contribution < -0.4 is 18.4 Å². The average Bonchev–Trinajstić information content (AvgIpc) is 3.11. The van der Waals surface area contributed by atoms with Gasteiger partial charge < -0.3 is 18.4 Å². The standard InChI is InChI=1S/C21H18O6S/c1-24-18-6-5-13-7-15-12(8-17(13)21(18)27-28(2,22)23)3-4-14-9-19-20(10-16(14)15)26-11-25-19/h5-10H,3-4,11H2,1-2H3. The van der Waals surface area contributed by atoms with Crippen LogP contribution in [0.3, 0.4) is 0 Å². The van der Waals surface area contributed by atoms with Gasteiger partial charge in [0, 0.05) is 5.39 Å². The Kier molecular flexibility index (Phi) is 3.71. The second-order valence-corrected chi connectivity index (χ2v) is 8.55. The smallest absolute Gasteiger partial charge is 0.306 e. The Hall–Kier alpha value is -2.93. The molecule has 0 aromatic heterocycles. The summed E-state index contributed by atoms with van der Waals surface area (Å²) in [6, 6.07) is 11.8. The summed E-state index contributed by atoms with van der Waals surface area (Å²) in [5, 5.41) is 1.59. The summed E-state index contributed by atoms with van der Waals surface area (Å²) in [6.45, 7) is 0.245. The predicted molar refractivity (Wildman–Crippen MR) is 105 cm³/mol. The first-order valence-corrected chi connectivity index (χ1v) is 10.7.